The van der Waals surface area contributed by atoms with Crippen LogP contribution < -0.4 is 4.90 Å². The van der Waals surface area contributed by atoms with Crippen LogP contribution in [0.5, 0.6) is 0 Å². The number of fused-ring (bicyclic) bond motifs is 1. The van der Waals surface area contributed by atoms with Crippen LogP contribution in [-0.2, 0) is 0 Å². The molecular weight excluding hydrogens is 300 g/mol. The third-order valence-electron chi connectivity index (χ3n) is 3.72. The van der Waals surface area contributed by atoms with E-state index < -0.39 is 0 Å². The van der Waals surface area contributed by atoms with E-state index in [1.54, 1.807) is 29.8 Å². The molecule has 6 nitrogen and oxygen atoms in total. The van der Waals surface area contributed by atoms with Gasteiger partial charge in [-0.05, 0) is 23.9 Å². The quantitative estimate of drug-likeness (QED) is 0.541. The summed E-state index contributed by atoms with van der Waals surface area (Å²) >= 11 is 1.57. The summed E-state index contributed by atoms with van der Waals surface area (Å²) < 4.78 is 0. The zero-order valence-electron chi connectivity index (χ0n) is 12.1. The molecule has 0 bridgehead atoms. The highest BCUT2D eigenvalue weighted by atomic mass is 32.1. The monoisotopic (exact) mass is 314 g/mol. The first-order chi connectivity index (χ1) is 10.6. The first-order valence-corrected chi connectivity index (χ1v) is 7.61. The molecule has 0 spiro atoms. The van der Waals surface area contributed by atoms with Gasteiger partial charge < -0.3 is 4.90 Å². The van der Waals surface area contributed by atoms with E-state index in [-0.39, 0.29) is 16.7 Å². The lowest BCUT2D eigenvalue weighted by Crippen LogP contribution is -2.22. The molecule has 7 heteroatoms. The molecule has 112 valence electrons. The first kappa shape index (κ1) is 14.4. The molecule has 2 aromatic heterocycles. The van der Waals surface area contributed by atoms with Crippen molar-refractivity contribution in [2.75, 3.05) is 11.9 Å². The largest absolute Gasteiger partial charge is 0.352 e. The molecule has 0 saturated heterocycles. The number of nitrogens with zero attached hydrogens (tertiary/aromatic N) is 4. The molecule has 2 heterocycles. The van der Waals surface area contributed by atoms with Crippen molar-refractivity contribution in [3.8, 4) is 0 Å². The van der Waals surface area contributed by atoms with Gasteiger partial charge in [0, 0.05) is 19.2 Å². The van der Waals surface area contributed by atoms with Gasteiger partial charge in [-0.2, -0.15) is 0 Å². The molecule has 1 unspecified atom stereocenters. The minimum absolute atomic E-state index is 0.0436. The van der Waals surface area contributed by atoms with Gasteiger partial charge >= 0.3 is 0 Å². The molecule has 0 amide bonds. The molecule has 1 atom stereocenters. The zero-order valence-corrected chi connectivity index (χ0v) is 12.9. The van der Waals surface area contributed by atoms with Gasteiger partial charge in [0.05, 0.1) is 16.4 Å². The summed E-state index contributed by atoms with van der Waals surface area (Å²) in [6.45, 7) is 2.00. The Labute approximate surface area is 131 Å². The van der Waals surface area contributed by atoms with E-state index >= 15 is 0 Å². The number of non-ortho nitro benzene ring substituents is 1. The third-order valence-corrected chi connectivity index (χ3v) is 4.54. The molecule has 3 rings (SSSR count). The second-order valence-electron chi connectivity index (χ2n) is 4.98. The van der Waals surface area contributed by atoms with Crippen molar-refractivity contribution >= 4 is 33.1 Å². The summed E-state index contributed by atoms with van der Waals surface area (Å²) in [4.78, 5) is 22.1. The van der Waals surface area contributed by atoms with E-state index in [4.69, 9.17) is 0 Å². The Morgan fingerprint density at radius 1 is 1.32 bits per heavy atom. The Bertz CT molecular complexity index is 833. The average molecular weight is 314 g/mol. The summed E-state index contributed by atoms with van der Waals surface area (Å²) in [6.07, 6.45) is 1.55. The molecule has 1 aromatic carbocycles. The average Bonchev–Trinajstić information content (AvgIpc) is 3.02. The topological polar surface area (TPSA) is 72.2 Å². The number of rotatable bonds is 4. The smallest absolute Gasteiger partial charge is 0.269 e. The summed E-state index contributed by atoms with van der Waals surface area (Å²) in [5, 5.41) is 13.9. The third kappa shape index (κ3) is 2.50. The van der Waals surface area contributed by atoms with Crippen LogP contribution in [0.15, 0.2) is 42.0 Å². The van der Waals surface area contributed by atoms with Crippen LogP contribution in [0.2, 0.25) is 0 Å². The number of hydrogen-bond donors (Lipinski definition) is 0. The number of anilines is 1. The van der Waals surface area contributed by atoms with Crippen molar-refractivity contribution in [3.63, 3.8) is 0 Å². The van der Waals surface area contributed by atoms with Crippen molar-refractivity contribution in [2.24, 2.45) is 0 Å². The molecule has 3 aromatic rings. The van der Waals surface area contributed by atoms with Crippen LogP contribution in [0.25, 0.3) is 10.2 Å². The number of hydrogen-bond acceptors (Lipinski definition) is 6. The van der Waals surface area contributed by atoms with E-state index in [2.05, 4.69) is 9.97 Å². The first-order valence-electron chi connectivity index (χ1n) is 6.73. The summed E-state index contributed by atoms with van der Waals surface area (Å²) in [6, 6.07) is 8.65. The van der Waals surface area contributed by atoms with Gasteiger partial charge in [-0.1, -0.05) is 12.1 Å². The predicted molar refractivity (Wildman–Crippen MR) is 87.3 cm³/mol. The van der Waals surface area contributed by atoms with Crippen LogP contribution in [0, 0.1) is 10.1 Å². The maximum atomic E-state index is 10.9. The maximum Gasteiger partial charge on any atom is 0.269 e. The predicted octanol–water partition coefficient (Wildman–Crippen LogP) is 3.80. The minimum Gasteiger partial charge on any atom is -0.352 e. The lowest BCUT2D eigenvalue weighted by molar-refractivity contribution is -0.384. The van der Waals surface area contributed by atoms with E-state index in [0.29, 0.717) is 0 Å². The van der Waals surface area contributed by atoms with Gasteiger partial charge in [-0.25, -0.2) is 9.97 Å². The molecule has 0 aliphatic heterocycles. The lowest BCUT2D eigenvalue weighted by Gasteiger charge is -2.26. The molecule has 22 heavy (non-hydrogen) atoms. The fourth-order valence-electron chi connectivity index (χ4n) is 2.36. The number of aromatic nitrogens is 2. The van der Waals surface area contributed by atoms with E-state index in [0.717, 1.165) is 21.6 Å². The van der Waals surface area contributed by atoms with Crippen molar-refractivity contribution < 1.29 is 4.92 Å². The molecule has 0 saturated carbocycles. The highest BCUT2D eigenvalue weighted by Gasteiger charge is 2.18. The van der Waals surface area contributed by atoms with Gasteiger partial charge in [0.15, 0.2) is 0 Å². The van der Waals surface area contributed by atoms with Gasteiger partial charge in [0.1, 0.15) is 17.0 Å². The number of nitro groups is 1. The Hall–Kier alpha value is -2.54. The Kier molecular flexibility index (Phi) is 3.72. The highest BCUT2D eigenvalue weighted by molar-refractivity contribution is 7.16. The lowest BCUT2D eigenvalue weighted by atomic mass is 10.1. The second-order valence-corrected chi connectivity index (χ2v) is 5.87. The SMILES string of the molecule is CC(c1cccc([N+](=O)[O-])c1)N(C)c1ncnc2sccc12. The van der Waals surface area contributed by atoms with Crippen molar-refractivity contribution in [2.45, 2.75) is 13.0 Å². The fourth-order valence-corrected chi connectivity index (χ4v) is 3.09. The highest BCUT2D eigenvalue weighted by Crippen LogP contribution is 2.31. The Morgan fingerprint density at radius 3 is 2.91 bits per heavy atom. The van der Waals surface area contributed by atoms with Crippen LogP contribution in [0.1, 0.15) is 18.5 Å². The molecular formula is C15H14N4O2S. The van der Waals surface area contributed by atoms with Crippen molar-refractivity contribution in [1.82, 2.24) is 9.97 Å². The van der Waals surface area contributed by atoms with E-state index in [9.17, 15) is 10.1 Å². The molecule has 0 radical (unpaired) electrons. The second kappa shape index (κ2) is 5.69. The molecule has 0 N–H and O–H groups in total. The van der Waals surface area contributed by atoms with Crippen molar-refractivity contribution in [1.29, 1.82) is 0 Å². The number of benzene rings is 1. The van der Waals surface area contributed by atoms with Crippen LogP contribution in [0.4, 0.5) is 11.5 Å². The fraction of sp³-hybridized carbons (Fsp3) is 0.200. The summed E-state index contributed by atoms with van der Waals surface area (Å²) in [5.41, 5.74) is 0.972. The van der Waals surface area contributed by atoms with Crippen LogP contribution >= 0.6 is 11.3 Å². The number of nitro benzene ring substituents is 1. The normalized spacial score (nSPS) is 12.3. The van der Waals surface area contributed by atoms with Crippen LogP contribution in [-0.4, -0.2) is 21.9 Å². The zero-order chi connectivity index (χ0) is 15.7. The van der Waals surface area contributed by atoms with Gasteiger partial charge in [-0.15, -0.1) is 11.3 Å². The summed E-state index contributed by atoms with van der Waals surface area (Å²) in [7, 11) is 1.93. The number of thiophene rings is 1. The van der Waals surface area contributed by atoms with Gasteiger partial charge in [-0.3, -0.25) is 10.1 Å². The molecule has 0 aliphatic carbocycles. The Morgan fingerprint density at radius 2 is 2.14 bits per heavy atom. The van der Waals surface area contributed by atoms with Crippen LogP contribution in [0.3, 0.4) is 0 Å². The maximum absolute atomic E-state index is 10.9. The van der Waals surface area contributed by atoms with E-state index in [1.807, 2.05) is 36.4 Å². The van der Waals surface area contributed by atoms with Gasteiger partial charge in [0.25, 0.3) is 5.69 Å². The standard InChI is InChI=1S/C15H14N4O2S/c1-10(11-4-3-5-12(8-11)19(20)21)18(2)14-13-6-7-22-15(13)17-9-16-14/h3-10H,1-2H3. The molecule has 0 fully saturated rings. The minimum atomic E-state index is -0.377. The van der Waals surface area contributed by atoms with E-state index in [1.165, 1.54) is 6.07 Å². The summed E-state index contributed by atoms with van der Waals surface area (Å²) in [5.74, 6) is 0.824. The van der Waals surface area contributed by atoms with Crippen molar-refractivity contribution in [3.05, 3.63) is 57.7 Å². The van der Waals surface area contributed by atoms with Gasteiger partial charge in [0.2, 0.25) is 0 Å². The molecule has 0 aliphatic rings. The Balaban J connectivity index is 1.98.